The van der Waals surface area contributed by atoms with Crippen LogP contribution in [0.3, 0.4) is 0 Å². The minimum atomic E-state index is -0.879. The second-order valence-corrected chi connectivity index (χ2v) is 9.19. The SMILES string of the molecule is Cc1ccc(Cl)cc1N1C(=O)NC(=O)/C(=C\c2ccc(OCC(=O)Nc3ccccc3F)c(Br)c2)C1=O. The Balaban J connectivity index is 1.51. The number of ether oxygens (including phenoxy) is 1. The zero-order chi connectivity index (χ0) is 26.7. The minimum absolute atomic E-state index is 0.0352. The number of benzene rings is 3. The van der Waals surface area contributed by atoms with Gasteiger partial charge in [0.05, 0.1) is 15.8 Å². The van der Waals surface area contributed by atoms with E-state index >= 15 is 0 Å². The number of halogens is 3. The molecule has 0 aliphatic carbocycles. The fourth-order valence-electron chi connectivity index (χ4n) is 3.48. The molecule has 4 rings (SSSR count). The van der Waals surface area contributed by atoms with Crippen molar-refractivity contribution in [1.29, 1.82) is 0 Å². The Kier molecular flexibility index (Phi) is 7.70. The van der Waals surface area contributed by atoms with Crippen molar-refractivity contribution in [2.24, 2.45) is 0 Å². The summed E-state index contributed by atoms with van der Waals surface area (Å²) in [6, 6.07) is 14.3. The lowest BCUT2D eigenvalue weighted by molar-refractivity contribution is -0.122. The zero-order valence-electron chi connectivity index (χ0n) is 19.2. The van der Waals surface area contributed by atoms with Gasteiger partial charge < -0.3 is 10.1 Å². The number of carbonyl (C=O) groups excluding carboxylic acids is 4. The molecule has 5 amide bonds. The summed E-state index contributed by atoms with van der Waals surface area (Å²) in [4.78, 5) is 51.1. The first-order valence-electron chi connectivity index (χ1n) is 10.8. The largest absolute Gasteiger partial charge is 0.483 e. The highest BCUT2D eigenvalue weighted by atomic mass is 79.9. The normalized spacial score (nSPS) is 14.5. The highest BCUT2D eigenvalue weighted by Crippen LogP contribution is 2.30. The number of hydrogen-bond acceptors (Lipinski definition) is 5. The summed E-state index contributed by atoms with van der Waals surface area (Å²) in [6.07, 6.45) is 1.33. The van der Waals surface area contributed by atoms with Crippen molar-refractivity contribution in [3.8, 4) is 5.75 Å². The number of imide groups is 2. The molecule has 2 N–H and O–H groups in total. The standard InChI is InChI=1S/C26H18BrClFN3O5/c1-14-6-8-16(28)12-21(14)32-25(35)17(24(34)31-26(32)36)10-15-7-9-22(18(27)11-15)37-13-23(33)30-20-5-3-2-4-19(20)29/h2-12H,13H2,1H3,(H,30,33)(H,31,34,36)/b17-10+. The molecule has 8 nitrogen and oxygen atoms in total. The van der Waals surface area contributed by atoms with Gasteiger partial charge in [0.1, 0.15) is 17.1 Å². The molecule has 0 spiro atoms. The summed E-state index contributed by atoms with van der Waals surface area (Å²) < 4.78 is 19.6. The number of urea groups is 1. The second kappa shape index (κ2) is 10.9. The molecule has 11 heteroatoms. The Morgan fingerprint density at radius 2 is 1.89 bits per heavy atom. The molecule has 0 atom stereocenters. The fourth-order valence-corrected chi connectivity index (χ4v) is 4.16. The molecule has 0 aromatic heterocycles. The Morgan fingerprint density at radius 3 is 2.62 bits per heavy atom. The van der Waals surface area contributed by atoms with Gasteiger partial charge in [-0.05, 0) is 76.5 Å². The van der Waals surface area contributed by atoms with Crippen LogP contribution in [0.15, 0.2) is 70.7 Å². The summed E-state index contributed by atoms with van der Waals surface area (Å²) >= 11 is 9.38. The van der Waals surface area contributed by atoms with Crippen LogP contribution in [0, 0.1) is 12.7 Å². The number of hydrogen-bond donors (Lipinski definition) is 2. The van der Waals surface area contributed by atoms with E-state index in [9.17, 15) is 23.6 Å². The summed E-state index contributed by atoms with van der Waals surface area (Å²) in [5.74, 6) is -2.47. The third kappa shape index (κ3) is 5.87. The van der Waals surface area contributed by atoms with E-state index < -0.39 is 29.6 Å². The van der Waals surface area contributed by atoms with Crippen molar-refractivity contribution in [3.05, 3.63) is 92.7 Å². The fraction of sp³-hybridized carbons (Fsp3) is 0.0769. The maximum atomic E-state index is 13.7. The maximum absolute atomic E-state index is 13.7. The molecule has 3 aromatic carbocycles. The van der Waals surface area contributed by atoms with Crippen LogP contribution in [-0.2, 0) is 14.4 Å². The number of para-hydroxylation sites is 1. The molecule has 0 bridgehead atoms. The van der Waals surface area contributed by atoms with Crippen LogP contribution in [0.1, 0.15) is 11.1 Å². The smallest absolute Gasteiger partial charge is 0.335 e. The van der Waals surface area contributed by atoms with Crippen LogP contribution in [0.4, 0.5) is 20.6 Å². The molecule has 0 saturated carbocycles. The molecule has 3 aromatic rings. The number of anilines is 2. The number of rotatable bonds is 6. The number of carbonyl (C=O) groups is 4. The lowest BCUT2D eigenvalue weighted by Crippen LogP contribution is -2.54. The van der Waals surface area contributed by atoms with E-state index in [-0.39, 0.29) is 23.6 Å². The van der Waals surface area contributed by atoms with E-state index in [2.05, 4.69) is 26.6 Å². The molecular formula is C26H18BrClFN3O5. The third-order valence-corrected chi connectivity index (χ3v) is 6.14. The van der Waals surface area contributed by atoms with E-state index in [0.717, 1.165) is 4.90 Å². The van der Waals surface area contributed by atoms with Crippen molar-refractivity contribution in [2.75, 3.05) is 16.8 Å². The van der Waals surface area contributed by atoms with Crippen LogP contribution in [0.2, 0.25) is 5.02 Å². The van der Waals surface area contributed by atoms with Crippen LogP contribution in [0.25, 0.3) is 6.08 Å². The Labute approximate surface area is 224 Å². The van der Waals surface area contributed by atoms with Gasteiger partial charge in [-0.2, -0.15) is 0 Å². The zero-order valence-corrected chi connectivity index (χ0v) is 21.5. The van der Waals surface area contributed by atoms with E-state index in [1.165, 1.54) is 36.4 Å². The lowest BCUT2D eigenvalue weighted by atomic mass is 10.1. The molecule has 0 unspecified atom stereocenters. The summed E-state index contributed by atoms with van der Waals surface area (Å²) in [7, 11) is 0. The van der Waals surface area contributed by atoms with Crippen molar-refractivity contribution >= 4 is 68.7 Å². The highest BCUT2D eigenvalue weighted by molar-refractivity contribution is 9.10. The summed E-state index contributed by atoms with van der Waals surface area (Å²) in [5.41, 5.74) is 1.10. The molecule has 188 valence electrons. The van der Waals surface area contributed by atoms with Gasteiger partial charge in [-0.25, -0.2) is 14.1 Å². The molecule has 1 aliphatic rings. The predicted molar refractivity (Wildman–Crippen MR) is 140 cm³/mol. The van der Waals surface area contributed by atoms with Gasteiger partial charge >= 0.3 is 6.03 Å². The number of barbiturate groups is 1. The van der Waals surface area contributed by atoms with Crippen LogP contribution in [-0.4, -0.2) is 30.4 Å². The van der Waals surface area contributed by atoms with Gasteiger partial charge in [-0.1, -0.05) is 35.9 Å². The first kappa shape index (κ1) is 26.1. The van der Waals surface area contributed by atoms with E-state index in [4.69, 9.17) is 16.3 Å². The van der Waals surface area contributed by atoms with Crippen molar-refractivity contribution in [1.82, 2.24) is 5.32 Å². The monoisotopic (exact) mass is 585 g/mol. The first-order valence-corrected chi connectivity index (χ1v) is 12.0. The average Bonchev–Trinajstić information content (AvgIpc) is 2.84. The number of amides is 5. The van der Waals surface area contributed by atoms with Gasteiger partial charge in [-0.15, -0.1) is 0 Å². The van der Waals surface area contributed by atoms with Gasteiger partial charge in [0.15, 0.2) is 6.61 Å². The van der Waals surface area contributed by atoms with Crippen molar-refractivity contribution in [3.63, 3.8) is 0 Å². The average molecular weight is 587 g/mol. The number of nitrogens with one attached hydrogen (secondary N) is 2. The molecule has 37 heavy (non-hydrogen) atoms. The third-order valence-electron chi connectivity index (χ3n) is 5.29. The Morgan fingerprint density at radius 1 is 1.14 bits per heavy atom. The van der Waals surface area contributed by atoms with E-state index in [1.807, 2.05) is 0 Å². The van der Waals surface area contributed by atoms with Gasteiger partial charge in [0.25, 0.3) is 17.7 Å². The Bertz CT molecular complexity index is 1480. The minimum Gasteiger partial charge on any atom is -0.483 e. The van der Waals surface area contributed by atoms with Crippen molar-refractivity contribution in [2.45, 2.75) is 6.92 Å². The van der Waals surface area contributed by atoms with E-state index in [0.29, 0.717) is 26.4 Å². The summed E-state index contributed by atoms with van der Waals surface area (Å²) in [6.45, 7) is 1.32. The molecule has 1 heterocycles. The topological polar surface area (TPSA) is 105 Å². The highest BCUT2D eigenvalue weighted by Gasteiger charge is 2.37. The molecular weight excluding hydrogens is 569 g/mol. The number of aryl methyl sites for hydroxylation is 1. The van der Waals surface area contributed by atoms with Gasteiger partial charge in [0, 0.05) is 5.02 Å². The lowest BCUT2D eigenvalue weighted by Gasteiger charge is -2.27. The van der Waals surface area contributed by atoms with E-state index in [1.54, 1.807) is 37.3 Å². The number of nitrogens with zero attached hydrogens (tertiary/aromatic N) is 1. The van der Waals surface area contributed by atoms with Crippen LogP contribution < -0.4 is 20.3 Å². The molecule has 1 saturated heterocycles. The van der Waals surface area contributed by atoms with Crippen LogP contribution in [0.5, 0.6) is 5.75 Å². The molecule has 0 radical (unpaired) electrons. The second-order valence-electron chi connectivity index (χ2n) is 7.90. The molecule has 1 aliphatic heterocycles. The molecule has 1 fully saturated rings. The quantitative estimate of drug-likeness (QED) is 0.304. The first-order chi connectivity index (χ1) is 17.6. The van der Waals surface area contributed by atoms with Gasteiger partial charge in [-0.3, -0.25) is 19.7 Å². The maximum Gasteiger partial charge on any atom is 0.335 e. The Hall–Kier alpha value is -4.02. The van der Waals surface area contributed by atoms with Gasteiger partial charge in [0.2, 0.25) is 0 Å². The predicted octanol–water partition coefficient (Wildman–Crippen LogP) is 5.23. The van der Waals surface area contributed by atoms with Crippen LogP contribution >= 0.6 is 27.5 Å². The summed E-state index contributed by atoms with van der Waals surface area (Å²) in [5, 5.41) is 4.91. The van der Waals surface area contributed by atoms with Crippen molar-refractivity contribution < 1.29 is 28.3 Å².